The van der Waals surface area contributed by atoms with Crippen molar-refractivity contribution in [3.05, 3.63) is 58.3 Å². The zero-order chi connectivity index (χ0) is 17.4. The summed E-state index contributed by atoms with van der Waals surface area (Å²) in [6, 6.07) is 10.2. The lowest BCUT2D eigenvalue weighted by atomic mass is 10.1. The summed E-state index contributed by atoms with van der Waals surface area (Å²) in [6.45, 7) is 2.19. The van der Waals surface area contributed by atoms with Gasteiger partial charge in [-0.1, -0.05) is 12.1 Å². The van der Waals surface area contributed by atoms with Crippen LogP contribution in [-0.2, 0) is 16.0 Å². The number of rotatable bonds is 8. The Morgan fingerprint density at radius 2 is 1.96 bits per heavy atom. The van der Waals surface area contributed by atoms with E-state index >= 15 is 0 Å². The predicted molar refractivity (Wildman–Crippen MR) is 87.0 cm³/mol. The molecule has 1 heterocycles. The average molecular weight is 330 g/mol. The van der Waals surface area contributed by atoms with Crippen LogP contribution in [0.25, 0.3) is 0 Å². The van der Waals surface area contributed by atoms with Crippen LogP contribution >= 0.6 is 0 Å². The van der Waals surface area contributed by atoms with Gasteiger partial charge in [-0.25, -0.2) is 4.98 Å². The molecule has 7 heteroatoms. The molecule has 2 aromatic rings. The van der Waals surface area contributed by atoms with Crippen molar-refractivity contribution in [2.24, 2.45) is 0 Å². The highest BCUT2D eigenvalue weighted by atomic mass is 16.6. The molecule has 0 saturated carbocycles. The summed E-state index contributed by atoms with van der Waals surface area (Å²) in [7, 11) is 0. The van der Waals surface area contributed by atoms with Crippen molar-refractivity contribution in [1.29, 1.82) is 0 Å². The molecule has 1 aromatic carbocycles. The summed E-state index contributed by atoms with van der Waals surface area (Å²) >= 11 is 0. The molecular weight excluding hydrogens is 312 g/mol. The van der Waals surface area contributed by atoms with Crippen molar-refractivity contribution >= 4 is 11.7 Å². The number of hydrogen-bond donors (Lipinski definition) is 0. The maximum atomic E-state index is 11.3. The first-order valence-electron chi connectivity index (χ1n) is 7.61. The monoisotopic (exact) mass is 330 g/mol. The van der Waals surface area contributed by atoms with Gasteiger partial charge in [0.05, 0.1) is 11.5 Å². The van der Waals surface area contributed by atoms with Crippen LogP contribution in [0.3, 0.4) is 0 Å². The Labute approximate surface area is 139 Å². The summed E-state index contributed by atoms with van der Waals surface area (Å²) in [5.74, 6) is 0.697. The van der Waals surface area contributed by atoms with Gasteiger partial charge in [0, 0.05) is 18.6 Å². The molecular formula is C17H18N2O5. The zero-order valence-corrected chi connectivity index (χ0v) is 13.3. The number of esters is 1. The zero-order valence-electron chi connectivity index (χ0n) is 13.3. The Bertz CT molecular complexity index is 683. The second-order valence-electron chi connectivity index (χ2n) is 5.02. The quantitative estimate of drug-likeness (QED) is 0.416. The van der Waals surface area contributed by atoms with Crippen LogP contribution in [0.2, 0.25) is 0 Å². The SMILES string of the molecule is CCOC(=O)CCCc1ccc(Oc2ccc([N+](=O)[O-])cn2)cc1. The van der Waals surface area contributed by atoms with E-state index in [0.717, 1.165) is 24.6 Å². The third-order valence-electron chi connectivity index (χ3n) is 3.23. The maximum Gasteiger partial charge on any atom is 0.305 e. The normalized spacial score (nSPS) is 10.2. The van der Waals surface area contributed by atoms with Crippen molar-refractivity contribution in [2.45, 2.75) is 26.2 Å². The van der Waals surface area contributed by atoms with Crippen molar-refractivity contribution < 1.29 is 19.2 Å². The van der Waals surface area contributed by atoms with Gasteiger partial charge in [-0.15, -0.1) is 0 Å². The van der Waals surface area contributed by atoms with Crippen molar-refractivity contribution in [3.63, 3.8) is 0 Å². The number of carbonyl (C=O) groups excluding carboxylic acids is 1. The maximum absolute atomic E-state index is 11.3. The number of nitrogens with zero attached hydrogens (tertiary/aromatic N) is 2. The Morgan fingerprint density at radius 3 is 2.54 bits per heavy atom. The third-order valence-corrected chi connectivity index (χ3v) is 3.23. The molecule has 0 aliphatic carbocycles. The summed E-state index contributed by atoms with van der Waals surface area (Å²) < 4.78 is 10.4. The molecule has 0 unspecified atom stereocenters. The van der Waals surface area contributed by atoms with E-state index < -0.39 is 4.92 Å². The lowest BCUT2D eigenvalue weighted by Gasteiger charge is -2.06. The highest BCUT2D eigenvalue weighted by Crippen LogP contribution is 2.22. The number of benzene rings is 1. The van der Waals surface area contributed by atoms with E-state index in [9.17, 15) is 14.9 Å². The Morgan fingerprint density at radius 1 is 1.21 bits per heavy atom. The first-order valence-corrected chi connectivity index (χ1v) is 7.61. The second kappa shape index (κ2) is 8.61. The molecule has 0 atom stereocenters. The number of aryl methyl sites for hydroxylation is 1. The van der Waals surface area contributed by atoms with E-state index in [1.807, 2.05) is 12.1 Å². The van der Waals surface area contributed by atoms with E-state index in [1.54, 1.807) is 19.1 Å². The van der Waals surface area contributed by atoms with E-state index in [4.69, 9.17) is 9.47 Å². The molecule has 0 amide bonds. The first-order chi connectivity index (χ1) is 11.6. The minimum atomic E-state index is -0.512. The van der Waals surface area contributed by atoms with Gasteiger partial charge in [-0.3, -0.25) is 14.9 Å². The standard InChI is InChI=1S/C17H18N2O5/c1-2-23-17(20)5-3-4-13-6-9-15(10-7-13)24-16-11-8-14(12-18-16)19(21)22/h6-12H,2-5H2,1H3. The molecule has 126 valence electrons. The summed E-state index contributed by atoms with van der Waals surface area (Å²) in [6.07, 6.45) is 3.05. The molecule has 1 aromatic heterocycles. The molecule has 0 fully saturated rings. The molecule has 0 aliphatic heterocycles. The van der Waals surface area contributed by atoms with Gasteiger partial charge >= 0.3 is 5.97 Å². The lowest BCUT2D eigenvalue weighted by Crippen LogP contribution is -2.03. The Kier molecular flexibility index (Phi) is 6.24. The fourth-order valence-electron chi connectivity index (χ4n) is 2.06. The van der Waals surface area contributed by atoms with Crippen LogP contribution in [0.5, 0.6) is 11.6 Å². The predicted octanol–water partition coefficient (Wildman–Crippen LogP) is 3.67. The molecule has 0 spiro atoms. The number of carbonyl (C=O) groups is 1. The van der Waals surface area contributed by atoms with E-state index in [-0.39, 0.29) is 17.5 Å². The molecule has 0 radical (unpaired) electrons. The van der Waals surface area contributed by atoms with Gasteiger partial charge in [0.2, 0.25) is 5.88 Å². The molecule has 7 nitrogen and oxygen atoms in total. The van der Waals surface area contributed by atoms with Crippen LogP contribution in [0.4, 0.5) is 5.69 Å². The minimum Gasteiger partial charge on any atom is -0.466 e. The van der Waals surface area contributed by atoms with Gasteiger partial charge in [-0.2, -0.15) is 0 Å². The molecule has 0 aliphatic rings. The minimum absolute atomic E-state index is 0.0840. The Balaban J connectivity index is 1.85. The molecule has 24 heavy (non-hydrogen) atoms. The largest absolute Gasteiger partial charge is 0.466 e. The van der Waals surface area contributed by atoms with Crippen LogP contribution in [0.1, 0.15) is 25.3 Å². The second-order valence-corrected chi connectivity index (χ2v) is 5.02. The topological polar surface area (TPSA) is 91.6 Å². The fraction of sp³-hybridized carbons (Fsp3) is 0.294. The summed E-state index contributed by atoms with van der Waals surface area (Å²) in [4.78, 5) is 25.2. The smallest absolute Gasteiger partial charge is 0.305 e. The summed E-state index contributed by atoms with van der Waals surface area (Å²) in [5.41, 5.74) is 1.00. The highest BCUT2D eigenvalue weighted by molar-refractivity contribution is 5.69. The van der Waals surface area contributed by atoms with E-state index in [0.29, 0.717) is 18.8 Å². The number of nitro groups is 1. The van der Waals surface area contributed by atoms with Gasteiger partial charge in [-0.05, 0) is 37.5 Å². The third kappa shape index (κ3) is 5.35. The molecule has 0 bridgehead atoms. The lowest BCUT2D eigenvalue weighted by molar-refractivity contribution is -0.385. The average Bonchev–Trinajstić information content (AvgIpc) is 2.57. The van der Waals surface area contributed by atoms with Crippen LogP contribution in [0.15, 0.2) is 42.6 Å². The van der Waals surface area contributed by atoms with Crippen molar-refractivity contribution in [1.82, 2.24) is 4.98 Å². The van der Waals surface area contributed by atoms with Gasteiger partial charge in [0.1, 0.15) is 11.9 Å². The number of pyridine rings is 1. The number of aromatic nitrogens is 1. The van der Waals surface area contributed by atoms with Gasteiger partial charge < -0.3 is 9.47 Å². The van der Waals surface area contributed by atoms with E-state index in [1.165, 1.54) is 12.1 Å². The molecule has 0 saturated heterocycles. The molecule has 0 N–H and O–H groups in total. The number of hydrogen-bond acceptors (Lipinski definition) is 6. The molecule has 2 rings (SSSR count). The summed E-state index contributed by atoms with van der Waals surface area (Å²) in [5, 5.41) is 10.6. The van der Waals surface area contributed by atoms with E-state index in [2.05, 4.69) is 4.98 Å². The van der Waals surface area contributed by atoms with Crippen LogP contribution in [0, 0.1) is 10.1 Å². The Hall–Kier alpha value is -2.96. The van der Waals surface area contributed by atoms with Crippen LogP contribution < -0.4 is 4.74 Å². The highest BCUT2D eigenvalue weighted by Gasteiger charge is 2.07. The first kappa shape index (κ1) is 17.4. The van der Waals surface area contributed by atoms with Gasteiger partial charge in [0.25, 0.3) is 5.69 Å². The van der Waals surface area contributed by atoms with Crippen LogP contribution in [-0.4, -0.2) is 22.5 Å². The van der Waals surface area contributed by atoms with Gasteiger partial charge in [0.15, 0.2) is 0 Å². The fourth-order valence-corrected chi connectivity index (χ4v) is 2.06. The van der Waals surface area contributed by atoms with Crippen molar-refractivity contribution in [3.8, 4) is 11.6 Å². The van der Waals surface area contributed by atoms with Crippen molar-refractivity contribution in [2.75, 3.05) is 6.61 Å². The number of ether oxygens (including phenoxy) is 2.